The lowest BCUT2D eigenvalue weighted by Crippen LogP contribution is -2.18. The molecule has 0 spiro atoms. The number of hydrogen-bond donors (Lipinski definition) is 0. The molecule has 0 saturated carbocycles. The monoisotopic (exact) mass is 288 g/mol. The van der Waals surface area contributed by atoms with Gasteiger partial charge in [0.25, 0.3) is 0 Å². The highest BCUT2D eigenvalue weighted by Gasteiger charge is 2.29. The molecule has 2 unspecified atom stereocenters. The minimum Gasteiger partial charge on any atom is -0.488 e. The lowest BCUT2D eigenvalue weighted by atomic mass is 10.0. The molecule has 0 bridgehead atoms. The molecule has 0 aromatic heterocycles. The number of benzene rings is 2. The summed E-state index contributed by atoms with van der Waals surface area (Å²) in [7, 11) is 0. The molecule has 0 N–H and O–H groups in total. The summed E-state index contributed by atoms with van der Waals surface area (Å²) in [5.41, 5.74) is 2.57. The van der Waals surface area contributed by atoms with Crippen molar-refractivity contribution in [2.45, 2.75) is 17.4 Å². The fraction of sp³-hybridized carbons (Fsp3) is 0.200. The highest BCUT2D eigenvalue weighted by Crippen LogP contribution is 2.37. The first-order valence-corrected chi connectivity index (χ1v) is 6.70. The Morgan fingerprint density at radius 1 is 1.00 bits per heavy atom. The van der Waals surface area contributed by atoms with Crippen LogP contribution in [0.3, 0.4) is 0 Å². The first kappa shape index (κ1) is 10.8. The van der Waals surface area contributed by atoms with Gasteiger partial charge in [0.2, 0.25) is 0 Å². The van der Waals surface area contributed by atoms with E-state index in [1.54, 1.807) is 0 Å². The van der Waals surface area contributed by atoms with E-state index < -0.39 is 0 Å². The fourth-order valence-electron chi connectivity index (χ4n) is 2.22. The van der Waals surface area contributed by atoms with E-state index in [2.05, 4.69) is 52.3 Å². The van der Waals surface area contributed by atoms with E-state index >= 15 is 0 Å². The van der Waals surface area contributed by atoms with Gasteiger partial charge in [-0.15, -0.1) is 0 Å². The van der Waals surface area contributed by atoms with Gasteiger partial charge < -0.3 is 4.74 Å². The molecule has 1 heterocycles. The first-order chi connectivity index (χ1) is 8.34. The molecule has 0 saturated heterocycles. The van der Waals surface area contributed by atoms with Crippen molar-refractivity contribution >= 4 is 15.9 Å². The number of fused-ring (bicyclic) bond motifs is 1. The summed E-state index contributed by atoms with van der Waals surface area (Å²) >= 11 is 3.75. The third kappa shape index (κ3) is 2.09. The molecule has 1 nitrogen and oxygen atoms in total. The summed E-state index contributed by atoms with van der Waals surface area (Å²) in [6.07, 6.45) is 1.16. The molecule has 2 aromatic rings. The number of hydrogen-bond acceptors (Lipinski definition) is 1. The maximum atomic E-state index is 5.98. The van der Waals surface area contributed by atoms with Crippen molar-refractivity contribution in [2.24, 2.45) is 0 Å². The summed E-state index contributed by atoms with van der Waals surface area (Å²) in [5.74, 6) is 1.03. The van der Waals surface area contributed by atoms with E-state index in [1.165, 1.54) is 11.1 Å². The second-order valence-corrected chi connectivity index (χ2v) is 5.27. The molecule has 0 amide bonds. The van der Waals surface area contributed by atoms with Crippen LogP contribution in [0.1, 0.15) is 16.0 Å². The number of alkyl halides is 1. The molecule has 2 atom stereocenters. The van der Waals surface area contributed by atoms with E-state index in [1.807, 2.05) is 18.2 Å². The van der Waals surface area contributed by atoms with Crippen molar-refractivity contribution in [3.8, 4) is 5.75 Å². The number of rotatable bonds is 2. The maximum Gasteiger partial charge on any atom is 0.123 e. The van der Waals surface area contributed by atoms with Crippen molar-refractivity contribution in [2.75, 3.05) is 0 Å². The second kappa shape index (κ2) is 4.53. The van der Waals surface area contributed by atoms with E-state index in [0.717, 1.165) is 12.2 Å². The Bertz CT molecular complexity index is 484. The molecule has 0 radical (unpaired) electrons. The van der Waals surface area contributed by atoms with Crippen LogP contribution in [-0.4, -0.2) is 6.10 Å². The van der Waals surface area contributed by atoms with Crippen molar-refractivity contribution in [1.29, 1.82) is 0 Å². The van der Waals surface area contributed by atoms with Crippen LogP contribution in [0.2, 0.25) is 0 Å². The van der Waals surface area contributed by atoms with E-state index in [9.17, 15) is 0 Å². The van der Waals surface area contributed by atoms with Gasteiger partial charge >= 0.3 is 0 Å². The van der Waals surface area contributed by atoms with E-state index in [0.29, 0.717) is 0 Å². The SMILES string of the molecule is BrC(c1ccccc1)C1Cc2ccccc2O1. The molecule has 0 fully saturated rings. The van der Waals surface area contributed by atoms with E-state index in [4.69, 9.17) is 4.74 Å². The van der Waals surface area contributed by atoms with Gasteiger partial charge in [-0.05, 0) is 17.2 Å². The molecular weight excluding hydrogens is 276 g/mol. The smallest absolute Gasteiger partial charge is 0.123 e. The maximum absolute atomic E-state index is 5.98. The van der Waals surface area contributed by atoms with Gasteiger partial charge in [0.05, 0.1) is 4.83 Å². The average Bonchev–Trinajstić information content (AvgIpc) is 2.82. The zero-order valence-electron chi connectivity index (χ0n) is 9.34. The molecule has 1 aliphatic heterocycles. The van der Waals surface area contributed by atoms with Crippen molar-refractivity contribution in [3.05, 3.63) is 65.7 Å². The van der Waals surface area contributed by atoms with Crippen LogP contribution in [0.15, 0.2) is 54.6 Å². The summed E-state index contributed by atoms with van der Waals surface area (Å²) in [4.78, 5) is 0.246. The van der Waals surface area contributed by atoms with Crippen LogP contribution in [-0.2, 0) is 6.42 Å². The predicted octanol–water partition coefficient (Wildman–Crippen LogP) is 4.13. The molecule has 3 rings (SSSR count). The van der Waals surface area contributed by atoms with Crippen LogP contribution in [0, 0.1) is 0 Å². The van der Waals surface area contributed by atoms with Gasteiger partial charge in [-0.2, -0.15) is 0 Å². The Balaban J connectivity index is 1.81. The summed E-state index contributed by atoms with van der Waals surface area (Å²) < 4.78 is 5.98. The summed E-state index contributed by atoms with van der Waals surface area (Å²) in [6.45, 7) is 0. The van der Waals surface area contributed by atoms with Crippen LogP contribution in [0.4, 0.5) is 0 Å². The minimum absolute atomic E-state index is 0.190. The molecule has 2 heteroatoms. The zero-order chi connectivity index (χ0) is 11.7. The van der Waals surface area contributed by atoms with Crippen LogP contribution >= 0.6 is 15.9 Å². The Morgan fingerprint density at radius 3 is 2.47 bits per heavy atom. The van der Waals surface area contributed by atoms with Gasteiger partial charge in [-0.25, -0.2) is 0 Å². The Labute approximate surface area is 110 Å². The first-order valence-electron chi connectivity index (χ1n) is 5.78. The molecular formula is C15H13BrO. The molecule has 86 valence electrons. The summed E-state index contributed by atoms with van der Waals surface area (Å²) in [5, 5.41) is 0. The third-order valence-electron chi connectivity index (χ3n) is 3.12. The highest BCUT2D eigenvalue weighted by atomic mass is 79.9. The quantitative estimate of drug-likeness (QED) is 0.755. The third-order valence-corrected chi connectivity index (χ3v) is 4.23. The molecule has 17 heavy (non-hydrogen) atoms. The number of para-hydroxylation sites is 1. The van der Waals surface area contributed by atoms with Gasteiger partial charge in [0.1, 0.15) is 11.9 Å². The van der Waals surface area contributed by atoms with Gasteiger partial charge in [0, 0.05) is 6.42 Å². The Kier molecular flexibility index (Phi) is 2.89. The highest BCUT2D eigenvalue weighted by molar-refractivity contribution is 9.09. The number of halogens is 1. The van der Waals surface area contributed by atoms with E-state index in [-0.39, 0.29) is 10.9 Å². The Morgan fingerprint density at radius 2 is 1.71 bits per heavy atom. The summed E-state index contributed by atoms with van der Waals surface area (Å²) in [6, 6.07) is 18.7. The van der Waals surface area contributed by atoms with Crippen LogP contribution in [0.25, 0.3) is 0 Å². The minimum atomic E-state index is 0.190. The lowest BCUT2D eigenvalue weighted by Gasteiger charge is -2.17. The largest absolute Gasteiger partial charge is 0.488 e. The van der Waals surface area contributed by atoms with Gasteiger partial charge in [-0.3, -0.25) is 0 Å². The molecule has 2 aromatic carbocycles. The lowest BCUT2D eigenvalue weighted by molar-refractivity contribution is 0.232. The normalized spacial score (nSPS) is 19.5. The topological polar surface area (TPSA) is 9.23 Å². The van der Waals surface area contributed by atoms with Crippen molar-refractivity contribution in [3.63, 3.8) is 0 Å². The fourth-order valence-corrected chi connectivity index (χ4v) is 2.82. The van der Waals surface area contributed by atoms with Crippen LogP contribution < -0.4 is 4.74 Å². The predicted molar refractivity (Wildman–Crippen MR) is 72.7 cm³/mol. The average molecular weight is 289 g/mol. The van der Waals surface area contributed by atoms with Crippen molar-refractivity contribution in [1.82, 2.24) is 0 Å². The molecule has 0 aliphatic carbocycles. The number of ether oxygens (including phenoxy) is 1. The van der Waals surface area contributed by atoms with Crippen LogP contribution in [0.5, 0.6) is 5.75 Å². The standard InChI is InChI=1S/C15H13BrO/c16-15(11-6-2-1-3-7-11)14-10-12-8-4-5-9-13(12)17-14/h1-9,14-15H,10H2. The van der Waals surface area contributed by atoms with Gasteiger partial charge in [0.15, 0.2) is 0 Å². The zero-order valence-corrected chi connectivity index (χ0v) is 10.9. The van der Waals surface area contributed by atoms with Crippen molar-refractivity contribution < 1.29 is 4.74 Å². The second-order valence-electron chi connectivity index (χ2n) is 4.28. The van der Waals surface area contributed by atoms with Gasteiger partial charge in [-0.1, -0.05) is 64.5 Å². The molecule has 1 aliphatic rings. The Hall–Kier alpha value is -1.28.